The maximum atomic E-state index is 13.5. The van der Waals surface area contributed by atoms with Crippen LogP contribution in [0, 0.1) is 5.82 Å². The fraction of sp³-hybridized carbons (Fsp3) is 0.188. The number of carbonyl (C=O) groups is 1. The maximum absolute atomic E-state index is 13.5. The molecule has 0 aliphatic heterocycles. The standard InChI is InChI=1S/C16H14ClFO/c17-15-7-4-8-16(18)14(15)11-13(19)10-9-12-5-2-1-3-6-12/h1-8H,9-11H2. The Bertz CT molecular complexity index is 546. The summed E-state index contributed by atoms with van der Waals surface area (Å²) in [6, 6.07) is 14.2. The van der Waals surface area contributed by atoms with Crippen molar-refractivity contribution in [1.82, 2.24) is 0 Å². The van der Waals surface area contributed by atoms with E-state index in [4.69, 9.17) is 11.6 Å². The Kier molecular flexibility index (Phi) is 4.69. The van der Waals surface area contributed by atoms with E-state index < -0.39 is 5.82 Å². The molecule has 19 heavy (non-hydrogen) atoms. The quantitative estimate of drug-likeness (QED) is 0.799. The molecular formula is C16H14ClFO. The van der Waals surface area contributed by atoms with Crippen molar-refractivity contribution in [2.24, 2.45) is 0 Å². The molecule has 0 unspecified atom stereocenters. The first-order valence-corrected chi connectivity index (χ1v) is 6.53. The summed E-state index contributed by atoms with van der Waals surface area (Å²) in [7, 11) is 0. The molecular weight excluding hydrogens is 263 g/mol. The van der Waals surface area contributed by atoms with Crippen LogP contribution in [0.2, 0.25) is 5.02 Å². The molecule has 0 spiro atoms. The summed E-state index contributed by atoms with van der Waals surface area (Å²) in [5.41, 5.74) is 1.40. The second kappa shape index (κ2) is 6.48. The summed E-state index contributed by atoms with van der Waals surface area (Å²) in [6.07, 6.45) is 1.12. The van der Waals surface area contributed by atoms with E-state index in [0.717, 1.165) is 5.56 Å². The summed E-state index contributed by atoms with van der Waals surface area (Å²) in [5.74, 6) is -0.420. The van der Waals surface area contributed by atoms with Gasteiger partial charge >= 0.3 is 0 Å². The molecule has 0 N–H and O–H groups in total. The largest absolute Gasteiger partial charge is 0.299 e. The predicted molar refractivity (Wildman–Crippen MR) is 74.9 cm³/mol. The molecule has 0 heterocycles. The van der Waals surface area contributed by atoms with Crippen LogP contribution in [-0.2, 0) is 17.6 Å². The molecule has 3 heteroatoms. The predicted octanol–water partition coefficient (Wildman–Crippen LogP) is 4.22. The molecule has 0 saturated heterocycles. The van der Waals surface area contributed by atoms with Crippen molar-refractivity contribution < 1.29 is 9.18 Å². The Hall–Kier alpha value is -1.67. The van der Waals surface area contributed by atoms with Crippen molar-refractivity contribution in [3.05, 3.63) is 70.5 Å². The van der Waals surface area contributed by atoms with E-state index in [2.05, 4.69) is 0 Å². The first-order chi connectivity index (χ1) is 9.16. The second-order valence-corrected chi connectivity index (χ2v) is 4.81. The van der Waals surface area contributed by atoms with Gasteiger partial charge in [0.25, 0.3) is 0 Å². The van der Waals surface area contributed by atoms with Gasteiger partial charge in [0, 0.05) is 23.4 Å². The lowest BCUT2D eigenvalue weighted by molar-refractivity contribution is -0.118. The van der Waals surface area contributed by atoms with Crippen LogP contribution in [0.1, 0.15) is 17.5 Å². The Morgan fingerprint density at radius 1 is 1.05 bits per heavy atom. The molecule has 0 aromatic heterocycles. The number of rotatable bonds is 5. The summed E-state index contributed by atoms with van der Waals surface area (Å²) in [6.45, 7) is 0. The highest BCUT2D eigenvalue weighted by Crippen LogP contribution is 2.20. The highest BCUT2D eigenvalue weighted by atomic mass is 35.5. The van der Waals surface area contributed by atoms with Crippen LogP contribution >= 0.6 is 11.6 Å². The van der Waals surface area contributed by atoms with Gasteiger partial charge in [-0.1, -0.05) is 48.0 Å². The van der Waals surface area contributed by atoms with Gasteiger partial charge in [-0.15, -0.1) is 0 Å². The molecule has 2 aromatic carbocycles. The summed E-state index contributed by atoms with van der Waals surface area (Å²) >= 11 is 5.90. The second-order valence-electron chi connectivity index (χ2n) is 4.40. The molecule has 2 aromatic rings. The third-order valence-corrected chi connectivity index (χ3v) is 3.33. The van der Waals surface area contributed by atoms with Gasteiger partial charge in [0.1, 0.15) is 11.6 Å². The highest BCUT2D eigenvalue weighted by Gasteiger charge is 2.11. The van der Waals surface area contributed by atoms with E-state index in [0.29, 0.717) is 23.4 Å². The van der Waals surface area contributed by atoms with Gasteiger partial charge in [-0.05, 0) is 24.1 Å². The van der Waals surface area contributed by atoms with Crippen molar-refractivity contribution in [3.8, 4) is 0 Å². The van der Waals surface area contributed by atoms with Crippen LogP contribution in [0.3, 0.4) is 0 Å². The van der Waals surface area contributed by atoms with E-state index in [1.165, 1.54) is 12.1 Å². The molecule has 0 fully saturated rings. The van der Waals surface area contributed by atoms with Gasteiger partial charge in [0.15, 0.2) is 0 Å². The maximum Gasteiger partial charge on any atom is 0.137 e. The third-order valence-electron chi connectivity index (χ3n) is 2.97. The molecule has 2 rings (SSSR count). The Morgan fingerprint density at radius 2 is 1.79 bits per heavy atom. The molecule has 98 valence electrons. The molecule has 0 atom stereocenters. The van der Waals surface area contributed by atoms with E-state index in [-0.39, 0.29) is 12.2 Å². The van der Waals surface area contributed by atoms with Crippen LogP contribution in [0.25, 0.3) is 0 Å². The Balaban J connectivity index is 1.95. The van der Waals surface area contributed by atoms with Gasteiger partial charge in [-0.25, -0.2) is 4.39 Å². The molecule has 0 saturated carbocycles. The molecule has 0 aliphatic rings. The number of hydrogen-bond donors (Lipinski definition) is 0. The Morgan fingerprint density at radius 3 is 2.47 bits per heavy atom. The highest BCUT2D eigenvalue weighted by molar-refractivity contribution is 6.31. The van der Waals surface area contributed by atoms with Crippen LogP contribution in [-0.4, -0.2) is 5.78 Å². The van der Waals surface area contributed by atoms with Gasteiger partial charge in [0.05, 0.1) is 0 Å². The monoisotopic (exact) mass is 276 g/mol. The van der Waals surface area contributed by atoms with Crippen LogP contribution in [0.4, 0.5) is 4.39 Å². The van der Waals surface area contributed by atoms with E-state index >= 15 is 0 Å². The van der Waals surface area contributed by atoms with Crippen LogP contribution < -0.4 is 0 Å². The van der Waals surface area contributed by atoms with Crippen molar-refractivity contribution in [2.45, 2.75) is 19.3 Å². The van der Waals surface area contributed by atoms with Crippen molar-refractivity contribution >= 4 is 17.4 Å². The zero-order valence-corrected chi connectivity index (χ0v) is 11.2. The van der Waals surface area contributed by atoms with E-state index in [1.807, 2.05) is 30.3 Å². The average Bonchev–Trinajstić information content (AvgIpc) is 2.42. The minimum Gasteiger partial charge on any atom is -0.299 e. The Labute approximate surface area is 117 Å². The number of aryl methyl sites for hydroxylation is 1. The number of ketones is 1. The molecule has 0 amide bonds. The summed E-state index contributed by atoms with van der Waals surface area (Å²) < 4.78 is 13.5. The van der Waals surface area contributed by atoms with E-state index in [1.54, 1.807) is 6.07 Å². The summed E-state index contributed by atoms with van der Waals surface area (Å²) in [4.78, 5) is 11.9. The third kappa shape index (κ3) is 3.90. The minimum atomic E-state index is -0.416. The number of benzene rings is 2. The lowest BCUT2D eigenvalue weighted by Gasteiger charge is -2.05. The smallest absolute Gasteiger partial charge is 0.137 e. The van der Waals surface area contributed by atoms with Gasteiger partial charge < -0.3 is 0 Å². The van der Waals surface area contributed by atoms with Crippen molar-refractivity contribution in [1.29, 1.82) is 0 Å². The number of carbonyl (C=O) groups excluding carboxylic acids is 1. The topological polar surface area (TPSA) is 17.1 Å². The molecule has 0 aliphatic carbocycles. The number of hydrogen-bond acceptors (Lipinski definition) is 1. The van der Waals surface area contributed by atoms with Gasteiger partial charge in [-0.2, -0.15) is 0 Å². The molecule has 0 bridgehead atoms. The fourth-order valence-corrected chi connectivity index (χ4v) is 2.15. The number of halogens is 2. The van der Waals surface area contributed by atoms with Crippen LogP contribution in [0.5, 0.6) is 0 Å². The fourth-order valence-electron chi connectivity index (χ4n) is 1.92. The normalized spacial score (nSPS) is 10.4. The first kappa shape index (κ1) is 13.8. The molecule has 0 radical (unpaired) electrons. The van der Waals surface area contributed by atoms with Gasteiger partial charge in [-0.3, -0.25) is 4.79 Å². The van der Waals surface area contributed by atoms with E-state index in [9.17, 15) is 9.18 Å². The SMILES string of the molecule is O=C(CCc1ccccc1)Cc1c(F)cccc1Cl. The minimum absolute atomic E-state index is 0.00384. The lowest BCUT2D eigenvalue weighted by Crippen LogP contribution is -2.06. The lowest BCUT2D eigenvalue weighted by atomic mass is 10.0. The number of Topliss-reactive ketones (excluding diaryl/α,β-unsaturated/α-hetero) is 1. The first-order valence-electron chi connectivity index (χ1n) is 6.15. The average molecular weight is 277 g/mol. The zero-order chi connectivity index (χ0) is 13.7. The van der Waals surface area contributed by atoms with Crippen molar-refractivity contribution in [3.63, 3.8) is 0 Å². The summed E-state index contributed by atoms with van der Waals surface area (Å²) in [5, 5.41) is 0.313. The van der Waals surface area contributed by atoms with Crippen molar-refractivity contribution in [2.75, 3.05) is 0 Å². The zero-order valence-electron chi connectivity index (χ0n) is 10.4. The van der Waals surface area contributed by atoms with Crippen LogP contribution in [0.15, 0.2) is 48.5 Å². The molecule has 1 nitrogen and oxygen atoms in total. The van der Waals surface area contributed by atoms with Gasteiger partial charge in [0.2, 0.25) is 0 Å².